The van der Waals surface area contributed by atoms with Gasteiger partial charge in [0, 0.05) is 12.6 Å². The molecule has 1 aromatic carbocycles. The molecule has 0 aliphatic rings. The lowest BCUT2D eigenvalue weighted by atomic mass is 10.2. The molecule has 0 atom stereocenters. The molecule has 1 aromatic heterocycles. The van der Waals surface area contributed by atoms with Gasteiger partial charge in [-0.25, -0.2) is 4.98 Å². The van der Waals surface area contributed by atoms with Gasteiger partial charge in [0.2, 0.25) is 0 Å². The number of benzene rings is 1. The Morgan fingerprint density at radius 1 is 1.12 bits per heavy atom. The lowest BCUT2D eigenvalue weighted by Crippen LogP contribution is -2.27. The fourth-order valence-electron chi connectivity index (χ4n) is 1.91. The molecule has 0 aliphatic carbocycles. The van der Waals surface area contributed by atoms with E-state index in [0.717, 1.165) is 36.1 Å². The second-order valence-corrected chi connectivity index (χ2v) is 4.24. The van der Waals surface area contributed by atoms with Gasteiger partial charge < -0.3 is 5.32 Å². The molecule has 0 radical (unpaired) electrons. The van der Waals surface area contributed by atoms with Gasteiger partial charge in [0.25, 0.3) is 0 Å². The molecule has 0 bridgehead atoms. The summed E-state index contributed by atoms with van der Waals surface area (Å²) in [7, 11) is 0. The summed E-state index contributed by atoms with van der Waals surface area (Å²) in [6.45, 7) is 5.20. The Hall–Kier alpha value is -1.48. The number of aromatic nitrogens is 2. The van der Waals surface area contributed by atoms with E-state index in [9.17, 15) is 0 Å². The number of hydrogen-bond donors (Lipinski definition) is 1. The Kier molecular flexibility index (Phi) is 4.04. The average molecular weight is 229 g/mol. The highest BCUT2D eigenvalue weighted by Gasteiger charge is 2.04. The van der Waals surface area contributed by atoms with E-state index < -0.39 is 0 Å². The highest BCUT2D eigenvalue weighted by atomic mass is 14.9. The number of hydrogen-bond acceptors (Lipinski definition) is 3. The van der Waals surface area contributed by atoms with E-state index in [0.29, 0.717) is 6.04 Å². The van der Waals surface area contributed by atoms with Crippen LogP contribution in [0.2, 0.25) is 0 Å². The van der Waals surface area contributed by atoms with E-state index >= 15 is 0 Å². The van der Waals surface area contributed by atoms with E-state index in [-0.39, 0.29) is 0 Å². The van der Waals surface area contributed by atoms with Crippen LogP contribution in [0.1, 0.15) is 32.4 Å². The first-order valence-corrected chi connectivity index (χ1v) is 6.27. The van der Waals surface area contributed by atoms with Crippen molar-refractivity contribution in [1.29, 1.82) is 0 Å². The van der Waals surface area contributed by atoms with Crippen molar-refractivity contribution in [3.05, 3.63) is 36.2 Å². The first-order chi connectivity index (χ1) is 8.33. The summed E-state index contributed by atoms with van der Waals surface area (Å²) in [6.07, 6.45) is 4.16. The van der Waals surface area contributed by atoms with Crippen LogP contribution < -0.4 is 5.32 Å². The van der Waals surface area contributed by atoms with Crippen LogP contribution in [0.25, 0.3) is 11.0 Å². The lowest BCUT2D eigenvalue weighted by molar-refractivity contribution is 0.480. The van der Waals surface area contributed by atoms with E-state index in [1.165, 1.54) is 0 Å². The van der Waals surface area contributed by atoms with Crippen molar-refractivity contribution in [3.63, 3.8) is 0 Å². The molecule has 0 saturated carbocycles. The van der Waals surface area contributed by atoms with Crippen molar-refractivity contribution in [1.82, 2.24) is 15.3 Å². The molecule has 0 aliphatic heterocycles. The molecule has 90 valence electrons. The number of para-hydroxylation sites is 2. The van der Waals surface area contributed by atoms with Crippen LogP contribution in [-0.4, -0.2) is 16.0 Å². The van der Waals surface area contributed by atoms with Gasteiger partial charge >= 0.3 is 0 Å². The van der Waals surface area contributed by atoms with Crippen molar-refractivity contribution < 1.29 is 0 Å². The summed E-state index contributed by atoms with van der Waals surface area (Å²) in [6, 6.07) is 8.54. The van der Waals surface area contributed by atoms with Crippen LogP contribution in [0.5, 0.6) is 0 Å². The van der Waals surface area contributed by atoms with Crippen molar-refractivity contribution in [3.8, 4) is 0 Å². The molecule has 0 saturated heterocycles. The second-order valence-electron chi connectivity index (χ2n) is 4.24. The molecule has 1 N–H and O–H groups in total. The molecule has 2 rings (SSSR count). The Balaban J connectivity index is 2.09. The first kappa shape index (κ1) is 12.0. The number of fused-ring (bicyclic) bond motifs is 1. The third kappa shape index (κ3) is 3.01. The van der Waals surface area contributed by atoms with Gasteiger partial charge in [0.05, 0.1) is 22.9 Å². The monoisotopic (exact) mass is 229 g/mol. The van der Waals surface area contributed by atoms with Gasteiger partial charge in [-0.15, -0.1) is 0 Å². The van der Waals surface area contributed by atoms with Crippen LogP contribution in [-0.2, 0) is 6.54 Å². The van der Waals surface area contributed by atoms with Crippen molar-refractivity contribution in [2.75, 3.05) is 0 Å². The molecule has 0 spiro atoms. The predicted octanol–water partition coefficient (Wildman–Crippen LogP) is 2.91. The van der Waals surface area contributed by atoms with E-state index in [2.05, 4.69) is 29.1 Å². The Morgan fingerprint density at radius 3 is 2.53 bits per heavy atom. The summed E-state index contributed by atoms with van der Waals surface area (Å²) >= 11 is 0. The molecule has 0 amide bonds. The van der Waals surface area contributed by atoms with Gasteiger partial charge in [0.15, 0.2) is 0 Å². The topological polar surface area (TPSA) is 37.8 Å². The fourth-order valence-corrected chi connectivity index (χ4v) is 1.91. The molecule has 3 nitrogen and oxygen atoms in total. The third-order valence-electron chi connectivity index (χ3n) is 3.06. The smallest absolute Gasteiger partial charge is 0.0890 e. The van der Waals surface area contributed by atoms with Crippen molar-refractivity contribution in [2.24, 2.45) is 0 Å². The Bertz CT molecular complexity index is 478. The summed E-state index contributed by atoms with van der Waals surface area (Å²) in [4.78, 5) is 9.00. The highest BCUT2D eigenvalue weighted by molar-refractivity contribution is 5.73. The quantitative estimate of drug-likeness (QED) is 0.856. The van der Waals surface area contributed by atoms with Crippen molar-refractivity contribution >= 4 is 11.0 Å². The highest BCUT2D eigenvalue weighted by Crippen LogP contribution is 2.08. The average Bonchev–Trinajstić information content (AvgIpc) is 2.40. The number of nitrogens with zero attached hydrogens (tertiary/aromatic N) is 2. The molecule has 1 heterocycles. The maximum absolute atomic E-state index is 4.59. The molecule has 3 heteroatoms. The van der Waals surface area contributed by atoms with Gasteiger partial charge in [-0.2, -0.15) is 0 Å². The zero-order valence-corrected chi connectivity index (χ0v) is 10.5. The van der Waals surface area contributed by atoms with Crippen LogP contribution in [0.3, 0.4) is 0 Å². The summed E-state index contributed by atoms with van der Waals surface area (Å²) in [5, 5.41) is 3.50. The van der Waals surface area contributed by atoms with Crippen molar-refractivity contribution in [2.45, 2.75) is 39.3 Å². The minimum Gasteiger partial charge on any atom is -0.308 e. The molecule has 0 fully saturated rings. The third-order valence-corrected chi connectivity index (χ3v) is 3.06. The number of rotatable bonds is 5. The SMILES string of the molecule is CCC(CC)NCc1cnc2ccccc2n1. The number of nitrogens with one attached hydrogen (secondary N) is 1. The Morgan fingerprint density at radius 2 is 1.82 bits per heavy atom. The van der Waals surface area contributed by atoms with E-state index in [1.54, 1.807) is 0 Å². The van der Waals surface area contributed by atoms with Crippen LogP contribution >= 0.6 is 0 Å². The largest absolute Gasteiger partial charge is 0.308 e. The second kappa shape index (κ2) is 5.73. The summed E-state index contributed by atoms with van der Waals surface area (Å²) in [5.41, 5.74) is 2.94. The van der Waals surface area contributed by atoms with Crippen LogP contribution in [0.4, 0.5) is 0 Å². The van der Waals surface area contributed by atoms with Crippen LogP contribution in [0.15, 0.2) is 30.5 Å². The zero-order valence-electron chi connectivity index (χ0n) is 10.5. The molecule has 17 heavy (non-hydrogen) atoms. The fraction of sp³-hybridized carbons (Fsp3) is 0.429. The Labute approximate surface area is 102 Å². The van der Waals surface area contributed by atoms with Gasteiger partial charge in [-0.3, -0.25) is 4.98 Å². The standard InChI is InChI=1S/C14H19N3/c1-3-11(4-2)15-9-12-10-16-13-7-5-6-8-14(13)17-12/h5-8,10-11,15H,3-4,9H2,1-2H3. The zero-order chi connectivity index (χ0) is 12.1. The van der Waals surface area contributed by atoms with E-state index in [1.807, 2.05) is 30.5 Å². The van der Waals surface area contributed by atoms with Gasteiger partial charge in [0.1, 0.15) is 0 Å². The molecule has 0 unspecified atom stereocenters. The van der Waals surface area contributed by atoms with Gasteiger partial charge in [-0.05, 0) is 25.0 Å². The summed E-state index contributed by atoms with van der Waals surface area (Å²) < 4.78 is 0. The molecular formula is C14H19N3. The maximum atomic E-state index is 4.59. The predicted molar refractivity (Wildman–Crippen MR) is 70.7 cm³/mol. The van der Waals surface area contributed by atoms with Crippen LogP contribution in [0, 0.1) is 0 Å². The molecule has 2 aromatic rings. The van der Waals surface area contributed by atoms with Gasteiger partial charge in [-0.1, -0.05) is 26.0 Å². The minimum absolute atomic E-state index is 0.572. The molecular weight excluding hydrogens is 210 g/mol. The van der Waals surface area contributed by atoms with E-state index in [4.69, 9.17) is 0 Å². The normalized spacial score (nSPS) is 11.2. The summed E-state index contributed by atoms with van der Waals surface area (Å²) in [5.74, 6) is 0. The lowest BCUT2D eigenvalue weighted by Gasteiger charge is -2.14. The minimum atomic E-state index is 0.572. The maximum Gasteiger partial charge on any atom is 0.0890 e. The first-order valence-electron chi connectivity index (χ1n) is 6.27.